The maximum absolute atomic E-state index is 6.03. The Morgan fingerprint density at radius 1 is 1.27 bits per heavy atom. The van der Waals surface area contributed by atoms with Crippen LogP contribution >= 0.6 is 24.0 Å². The summed E-state index contributed by atoms with van der Waals surface area (Å²) in [6.07, 6.45) is 1.42. The number of nitrogens with one attached hydrogen (secondary N) is 1. The van der Waals surface area contributed by atoms with Crippen LogP contribution in [0.4, 0.5) is 5.69 Å². The highest BCUT2D eigenvalue weighted by molar-refractivity contribution is 14.0. The van der Waals surface area contributed by atoms with Crippen molar-refractivity contribution in [2.24, 2.45) is 10.7 Å². The normalized spacial score (nSPS) is 21.9. The van der Waals surface area contributed by atoms with Gasteiger partial charge in [-0.15, -0.1) is 24.0 Å². The van der Waals surface area contributed by atoms with Crippen LogP contribution in [-0.4, -0.2) is 58.4 Å². The number of ether oxygens (including phenoxy) is 5. The number of anilines is 1. The van der Waals surface area contributed by atoms with Crippen LogP contribution < -0.4 is 20.5 Å². The van der Waals surface area contributed by atoms with Gasteiger partial charge in [0.1, 0.15) is 6.10 Å². The number of methoxy groups -OCH3 is 2. The number of guanidine groups is 1. The minimum absolute atomic E-state index is 0. The minimum Gasteiger partial charge on any atom is -0.493 e. The van der Waals surface area contributed by atoms with Gasteiger partial charge in [-0.05, 0) is 12.1 Å². The average molecular weight is 479 g/mol. The van der Waals surface area contributed by atoms with E-state index in [0.717, 1.165) is 18.5 Å². The maximum atomic E-state index is 6.03. The first kappa shape index (κ1) is 21.0. The van der Waals surface area contributed by atoms with E-state index >= 15 is 0 Å². The van der Waals surface area contributed by atoms with Crippen molar-refractivity contribution in [3.05, 3.63) is 18.2 Å². The van der Waals surface area contributed by atoms with Crippen molar-refractivity contribution in [3.8, 4) is 11.5 Å². The van der Waals surface area contributed by atoms with Gasteiger partial charge >= 0.3 is 0 Å². The van der Waals surface area contributed by atoms with Crippen LogP contribution in [0.25, 0.3) is 0 Å². The molecule has 3 N–H and O–H groups in total. The van der Waals surface area contributed by atoms with Crippen molar-refractivity contribution in [1.82, 2.24) is 0 Å². The molecule has 1 unspecified atom stereocenters. The topological polar surface area (TPSA) is 96.6 Å². The Balaban J connectivity index is 0.00000243. The lowest BCUT2D eigenvalue weighted by molar-refractivity contribution is -0.210. The number of nitrogens with zero attached hydrogens (tertiary/aromatic N) is 1. The third-order valence-corrected chi connectivity index (χ3v) is 4.29. The molecule has 0 radical (unpaired) electrons. The van der Waals surface area contributed by atoms with E-state index in [1.165, 1.54) is 0 Å². The van der Waals surface area contributed by atoms with Crippen LogP contribution in [0.15, 0.2) is 23.2 Å². The monoisotopic (exact) mass is 479 g/mol. The molecule has 1 aromatic carbocycles. The van der Waals surface area contributed by atoms with Crippen LogP contribution in [0.3, 0.4) is 0 Å². The minimum atomic E-state index is -0.496. The van der Waals surface area contributed by atoms with Crippen molar-refractivity contribution in [2.75, 3.05) is 45.9 Å². The second kappa shape index (κ2) is 9.58. The first-order valence-electron chi connectivity index (χ1n) is 8.32. The summed E-state index contributed by atoms with van der Waals surface area (Å²) >= 11 is 0. The van der Waals surface area contributed by atoms with Gasteiger partial charge in [0.25, 0.3) is 0 Å². The van der Waals surface area contributed by atoms with Crippen LogP contribution in [0.5, 0.6) is 11.5 Å². The number of rotatable bonds is 5. The zero-order valence-electron chi connectivity index (χ0n) is 15.0. The molecule has 8 nitrogen and oxygen atoms in total. The lowest BCUT2D eigenvalue weighted by Crippen LogP contribution is -2.38. The van der Waals surface area contributed by atoms with E-state index < -0.39 is 5.79 Å². The standard InChI is InChI=1S/C17H25N3O5.HI/c1-21-14-4-3-12(9-15(14)22-2)20-16(18)19-10-13-11-24-17(25-13)5-7-23-8-6-17;/h3-4,9,13H,5-8,10-11H2,1-2H3,(H3,18,19,20);1H. The molecule has 0 bridgehead atoms. The van der Waals surface area contributed by atoms with E-state index in [0.29, 0.717) is 43.8 Å². The summed E-state index contributed by atoms with van der Waals surface area (Å²) in [6.45, 7) is 2.29. The Bertz CT molecular complexity index is 622. The SMILES string of the molecule is COc1ccc(NC(N)=NCC2COC3(CCOCC3)O2)cc1OC.I. The van der Waals surface area contributed by atoms with Crippen molar-refractivity contribution in [2.45, 2.75) is 24.7 Å². The fourth-order valence-corrected chi connectivity index (χ4v) is 2.95. The highest BCUT2D eigenvalue weighted by Crippen LogP contribution is 2.33. The zero-order chi connectivity index (χ0) is 17.7. The lowest BCUT2D eigenvalue weighted by Gasteiger charge is -2.31. The first-order valence-corrected chi connectivity index (χ1v) is 8.32. The van der Waals surface area contributed by atoms with Crippen LogP contribution in [0, 0.1) is 0 Å². The molecular formula is C17H26IN3O5. The van der Waals surface area contributed by atoms with Gasteiger partial charge in [0.15, 0.2) is 23.2 Å². The van der Waals surface area contributed by atoms with E-state index in [1.807, 2.05) is 6.07 Å². The van der Waals surface area contributed by atoms with Gasteiger partial charge < -0.3 is 34.7 Å². The predicted octanol–water partition coefficient (Wildman–Crippen LogP) is 1.97. The first-order chi connectivity index (χ1) is 12.1. The molecule has 0 amide bonds. The second-order valence-corrected chi connectivity index (χ2v) is 5.99. The van der Waals surface area contributed by atoms with Crippen molar-refractivity contribution in [1.29, 1.82) is 0 Å². The largest absolute Gasteiger partial charge is 0.493 e. The molecular weight excluding hydrogens is 453 g/mol. The zero-order valence-corrected chi connectivity index (χ0v) is 17.4. The van der Waals surface area contributed by atoms with E-state index in [2.05, 4.69) is 10.3 Å². The maximum Gasteiger partial charge on any atom is 0.193 e. The summed E-state index contributed by atoms with van der Waals surface area (Å²) in [7, 11) is 3.18. The Kier molecular flexibility index (Phi) is 7.74. The summed E-state index contributed by atoms with van der Waals surface area (Å²) in [6, 6.07) is 5.45. The molecule has 2 fully saturated rings. The Morgan fingerprint density at radius 2 is 2.00 bits per heavy atom. The van der Waals surface area contributed by atoms with Gasteiger partial charge in [0.05, 0.1) is 40.6 Å². The molecule has 1 atom stereocenters. The molecule has 0 saturated carbocycles. The van der Waals surface area contributed by atoms with Gasteiger partial charge in [-0.25, -0.2) is 0 Å². The fourth-order valence-electron chi connectivity index (χ4n) is 2.95. The second-order valence-electron chi connectivity index (χ2n) is 5.99. The van der Waals surface area contributed by atoms with Crippen LogP contribution in [0.2, 0.25) is 0 Å². The molecule has 0 aliphatic carbocycles. The van der Waals surface area contributed by atoms with Gasteiger partial charge in [-0.2, -0.15) is 0 Å². The molecule has 26 heavy (non-hydrogen) atoms. The molecule has 2 heterocycles. The summed E-state index contributed by atoms with van der Waals surface area (Å²) in [5.41, 5.74) is 6.73. The molecule has 2 aliphatic rings. The van der Waals surface area contributed by atoms with Gasteiger partial charge in [0.2, 0.25) is 0 Å². The van der Waals surface area contributed by atoms with E-state index in [9.17, 15) is 0 Å². The van der Waals surface area contributed by atoms with Crippen molar-refractivity contribution in [3.63, 3.8) is 0 Å². The Morgan fingerprint density at radius 3 is 2.69 bits per heavy atom. The summed E-state index contributed by atoms with van der Waals surface area (Å²) in [5, 5.41) is 3.04. The number of hydrogen-bond donors (Lipinski definition) is 2. The molecule has 146 valence electrons. The number of aliphatic imine (C=N–C) groups is 1. The smallest absolute Gasteiger partial charge is 0.193 e. The Labute approximate surface area is 170 Å². The molecule has 1 spiro atoms. The van der Waals surface area contributed by atoms with E-state index in [4.69, 9.17) is 29.4 Å². The Hall–Kier alpha value is -1.30. The summed E-state index contributed by atoms with van der Waals surface area (Å²) < 4.78 is 27.7. The van der Waals surface area contributed by atoms with Gasteiger partial charge in [0, 0.05) is 24.6 Å². The molecule has 9 heteroatoms. The number of hydrogen-bond acceptors (Lipinski definition) is 6. The van der Waals surface area contributed by atoms with Crippen molar-refractivity contribution >= 4 is 35.6 Å². The van der Waals surface area contributed by atoms with Crippen molar-refractivity contribution < 1.29 is 23.7 Å². The average Bonchev–Trinajstić information content (AvgIpc) is 3.02. The lowest BCUT2D eigenvalue weighted by atomic mass is 10.1. The molecule has 0 aromatic heterocycles. The summed E-state index contributed by atoms with van der Waals surface area (Å²) in [5.74, 6) is 1.09. The number of halogens is 1. The molecule has 2 aliphatic heterocycles. The third-order valence-electron chi connectivity index (χ3n) is 4.29. The fraction of sp³-hybridized carbons (Fsp3) is 0.588. The summed E-state index contributed by atoms with van der Waals surface area (Å²) in [4.78, 5) is 4.35. The number of nitrogens with two attached hydrogens (primary N) is 1. The molecule has 3 rings (SSSR count). The third kappa shape index (κ3) is 5.12. The van der Waals surface area contributed by atoms with E-state index in [1.54, 1.807) is 26.4 Å². The van der Waals surface area contributed by atoms with Gasteiger partial charge in [-0.1, -0.05) is 0 Å². The van der Waals surface area contributed by atoms with E-state index in [-0.39, 0.29) is 30.1 Å². The quantitative estimate of drug-likeness (QED) is 0.379. The van der Waals surface area contributed by atoms with Crippen LogP contribution in [0.1, 0.15) is 12.8 Å². The predicted molar refractivity (Wildman–Crippen MR) is 109 cm³/mol. The molecule has 2 saturated heterocycles. The number of benzene rings is 1. The highest BCUT2D eigenvalue weighted by atomic mass is 127. The van der Waals surface area contributed by atoms with Gasteiger partial charge in [-0.3, -0.25) is 4.99 Å². The highest BCUT2D eigenvalue weighted by Gasteiger charge is 2.42. The van der Waals surface area contributed by atoms with Crippen LogP contribution in [-0.2, 0) is 14.2 Å². The molecule has 1 aromatic rings.